The van der Waals surface area contributed by atoms with Gasteiger partial charge in [-0.15, -0.1) is 0 Å². The highest BCUT2D eigenvalue weighted by molar-refractivity contribution is 5.99. The van der Waals surface area contributed by atoms with Crippen LogP contribution in [0.3, 0.4) is 0 Å². The lowest BCUT2D eigenvalue weighted by Crippen LogP contribution is -2.22. The Bertz CT molecular complexity index is 588. The second kappa shape index (κ2) is 4.53. The molecule has 3 nitrogen and oxygen atoms in total. The van der Waals surface area contributed by atoms with E-state index >= 15 is 0 Å². The summed E-state index contributed by atoms with van der Waals surface area (Å²) in [4.78, 5) is 4.54. The first kappa shape index (κ1) is 10.8. The van der Waals surface area contributed by atoms with Crippen molar-refractivity contribution < 1.29 is 4.74 Å². The van der Waals surface area contributed by atoms with Crippen LogP contribution < -0.4 is 10.1 Å². The van der Waals surface area contributed by atoms with Crippen LogP contribution in [0.2, 0.25) is 0 Å². The summed E-state index contributed by atoms with van der Waals surface area (Å²) < 4.78 is 5.64. The zero-order valence-electron chi connectivity index (χ0n) is 10.2. The van der Waals surface area contributed by atoms with Gasteiger partial charge in [-0.25, -0.2) is 4.99 Å². The van der Waals surface area contributed by atoms with Crippen molar-refractivity contribution in [3.05, 3.63) is 54.1 Å². The van der Waals surface area contributed by atoms with Crippen molar-refractivity contribution in [1.82, 2.24) is 0 Å². The normalized spacial score (nSPS) is 13.3. The number of benzene rings is 2. The molecule has 0 aliphatic carbocycles. The molecule has 3 rings (SSSR count). The number of rotatable bonds is 1. The van der Waals surface area contributed by atoms with E-state index in [0.717, 1.165) is 23.0 Å². The Balaban J connectivity index is 1.83. The van der Waals surface area contributed by atoms with Crippen LogP contribution >= 0.6 is 0 Å². The zero-order chi connectivity index (χ0) is 12.4. The molecule has 0 fully saturated rings. The van der Waals surface area contributed by atoms with Crippen LogP contribution in [0, 0.1) is 6.92 Å². The number of hydrogen-bond donors (Lipinski definition) is 1. The van der Waals surface area contributed by atoms with Crippen LogP contribution in [-0.4, -0.2) is 12.4 Å². The summed E-state index contributed by atoms with van der Waals surface area (Å²) in [5.74, 6) is 1.67. The van der Waals surface area contributed by atoms with Gasteiger partial charge in [-0.2, -0.15) is 0 Å². The summed E-state index contributed by atoms with van der Waals surface area (Å²) in [6.45, 7) is 2.55. The number of nitrogens with zero attached hydrogens (tertiary/aromatic N) is 1. The third-order valence-electron chi connectivity index (χ3n) is 2.83. The first-order chi connectivity index (χ1) is 8.81. The summed E-state index contributed by atoms with van der Waals surface area (Å²) in [5.41, 5.74) is 3.15. The first-order valence-electron chi connectivity index (χ1n) is 5.94. The Morgan fingerprint density at radius 1 is 1.06 bits per heavy atom. The van der Waals surface area contributed by atoms with Gasteiger partial charge in [0.25, 0.3) is 0 Å². The summed E-state index contributed by atoms with van der Waals surface area (Å²) in [5, 5.41) is 3.27. The number of amidine groups is 1. The highest BCUT2D eigenvalue weighted by Gasteiger charge is 2.11. The molecule has 2 aromatic rings. The summed E-state index contributed by atoms with van der Waals surface area (Å²) in [6, 6.07) is 16.0. The van der Waals surface area contributed by atoms with Gasteiger partial charge in [0.15, 0.2) is 0 Å². The maximum atomic E-state index is 5.64. The van der Waals surface area contributed by atoms with Gasteiger partial charge in [-0.1, -0.05) is 29.8 Å². The molecule has 0 saturated carbocycles. The summed E-state index contributed by atoms with van der Waals surface area (Å²) in [7, 11) is 0. The zero-order valence-corrected chi connectivity index (χ0v) is 10.2. The largest absolute Gasteiger partial charge is 0.483 e. The maximum Gasteiger partial charge on any atom is 0.146 e. The van der Waals surface area contributed by atoms with Gasteiger partial charge in [0.2, 0.25) is 0 Å². The van der Waals surface area contributed by atoms with Crippen LogP contribution in [0.15, 0.2) is 53.5 Å². The number of para-hydroxylation sites is 2. The molecule has 3 heteroatoms. The standard InChI is InChI=1S/C15H14N2O/c1-11-6-8-12(9-7-11)16-15-10-18-14-5-3-2-4-13(14)17-15/h2-9H,10H2,1H3,(H,16,17). The van der Waals surface area contributed by atoms with Crippen molar-refractivity contribution in [1.29, 1.82) is 0 Å². The van der Waals surface area contributed by atoms with Gasteiger partial charge < -0.3 is 10.1 Å². The lowest BCUT2D eigenvalue weighted by atomic mass is 10.2. The van der Waals surface area contributed by atoms with Gasteiger partial charge in [-0.3, -0.25) is 0 Å². The molecule has 1 N–H and O–H groups in total. The molecule has 2 aromatic carbocycles. The van der Waals surface area contributed by atoms with E-state index in [0.29, 0.717) is 6.61 Å². The average Bonchev–Trinajstić information content (AvgIpc) is 2.41. The first-order valence-corrected chi connectivity index (χ1v) is 5.94. The van der Waals surface area contributed by atoms with Crippen LogP contribution in [-0.2, 0) is 0 Å². The molecular formula is C15H14N2O. The van der Waals surface area contributed by atoms with Crippen LogP contribution in [0.5, 0.6) is 5.75 Å². The summed E-state index contributed by atoms with van der Waals surface area (Å²) >= 11 is 0. The molecule has 18 heavy (non-hydrogen) atoms. The van der Waals surface area contributed by atoms with Crippen molar-refractivity contribution in [3.8, 4) is 5.75 Å². The molecule has 0 bridgehead atoms. The molecular weight excluding hydrogens is 224 g/mol. The van der Waals surface area contributed by atoms with E-state index in [-0.39, 0.29) is 0 Å². The topological polar surface area (TPSA) is 33.6 Å². The Kier molecular flexibility index (Phi) is 2.73. The van der Waals surface area contributed by atoms with E-state index in [2.05, 4.69) is 29.4 Å². The highest BCUT2D eigenvalue weighted by Crippen LogP contribution is 2.29. The third-order valence-corrected chi connectivity index (χ3v) is 2.83. The number of hydrogen-bond acceptors (Lipinski definition) is 3. The maximum absolute atomic E-state index is 5.64. The van der Waals surface area contributed by atoms with Crippen molar-refractivity contribution in [3.63, 3.8) is 0 Å². The Labute approximate surface area is 106 Å². The fraction of sp³-hybridized carbons (Fsp3) is 0.133. The molecule has 1 heterocycles. The molecule has 0 unspecified atom stereocenters. The quantitative estimate of drug-likeness (QED) is 0.824. The monoisotopic (exact) mass is 238 g/mol. The molecule has 0 radical (unpaired) electrons. The smallest absolute Gasteiger partial charge is 0.146 e. The molecule has 0 atom stereocenters. The minimum absolute atomic E-state index is 0.477. The Morgan fingerprint density at radius 3 is 2.67 bits per heavy atom. The van der Waals surface area contributed by atoms with E-state index < -0.39 is 0 Å². The van der Waals surface area contributed by atoms with Crippen molar-refractivity contribution in [2.75, 3.05) is 11.9 Å². The number of fused-ring (bicyclic) bond motifs is 1. The van der Waals surface area contributed by atoms with E-state index in [1.54, 1.807) is 0 Å². The SMILES string of the molecule is Cc1ccc(NC2=Nc3ccccc3OC2)cc1. The lowest BCUT2D eigenvalue weighted by molar-refractivity contribution is 0.372. The predicted octanol–water partition coefficient (Wildman–Crippen LogP) is 3.53. The summed E-state index contributed by atoms with van der Waals surface area (Å²) in [6.07, 6.45) is 0. The van der Waals surface area contributed by atoms with E-state index in [1.165, 1.54) is 5.56 Å². The van der Waals surface area contributed by atoms with E-state index in [4.69, 9.17) is 4.74 Å². The molecule has 1 aliphatic heterocycles. The minimum Gasteiger partial charge on any atom is -0.483 e. The molecule has 90 valence electrons. The van der Waals surface area contributed by atoms with Crippen LogP contribution in [0.4, 0.5) is 11.4 Å². The van der Waals surface area contributed by atoms with Gasteiger partial charge in [0.05, 0.1) is 0 Å². The average molecular weight is 238 g/mol. The number of ether oxygens (including phenoxy) is 1. The number of nitrogens with one attached hydrogen (secondary N) is 1. The highest BCUT2D eigenvalue weighted by atomic mass is 16.5. The van der Waals surface area contributed by atoms with Gasteiger partial charge >= 0.3 is 0 Å². The molecule has 0 amide bonds. The minimum atomic E-state index is 0.477. The molecule has 0 spiro atoms. The molecule has 0 aromatic heterocycles. The number of aliphatic imine (C=N–C) groups is 1. The number of aryl methyl sites for hydroxylation is 1. The Hall–Kier alpha value is -2.29. The lowest BCUT2D eigenvalue weighted by Gasteiger charge is -2.17. The molecule has 1 aliphatic rings. The number of anilines is 1. The fourth-order valence-corrected chi connectivity index (χ4v) is 1.86. The molecule has 0 saturated heterocycles. The second-order valence-corrected chi connectivity index (χ2v) is 4.31. The van der Waals surface area contributed by atoms with Crippen molar-refractivity contribution in [2.45, 2.75) is 6.92 Å². The fourth-order valence-electron chi connectivity index (χ4n) is 1.86. The Morgan fingerprint density at radius 2 is 1.83 bits per heavy atom. The van der Waals surface area contributed by atoms with Gasteiger partial charge in [0.1, 0.15) is 23.9 Å². The van der Waals surface area contributed by atoms with E-state index in [1.807, 2.05) is 36.4 Å². The van der Waals surface area contributed by atoms with Crippen LogP contribution in [0.1, 0.15) is 5.56 Å². The van der Waals surface area contributed by atoms with Gasteiger partial charge in [-0.05, 0) is 31.2 Å². The van der Waals surface area contributed by atoms with Crippen molar-refractivity contribution >= 4 is 17.2 Å². The second-order valence-electron chi connectivity index (χ2n) is 4.31. The van der Waals surface area contributed by atoms with Crippen molar-refractivity contribution in [2.24, 2.45) is 4.99 Å². The van der Waals surface area contributed by atoms with Crippen LogP contribution in [0.25, 0.3) is 0 Å². The predicted molar refractivity (Wildman–Crippen MR) is 73.8 cm³/mol. The van der Waals surface area contributed by atoms with E-state index in [9.17, 15) is 0 Å². The third kappa shape index (κ3) is 2.20. The van der Waals surface area contributed by atoms with Gasteiger partial charge in [0, 0.05) is 5.69 Å².